The summed E-state index contributed by atoms with van der Waals surface area (Å²) < 4.78 is 10.7. The van der Waals surface area contributed by atoms with Gasteiger partial charge in [0, 0.05) is 12.1 Å². The molecule has 0 aliphatic carbocycles. The number of imidazole rings is 1. The molecule has 1 atom stereocenters. The van der Waals surface area contributed by atoms with Crippen LogP contribution in [0.3, 0.4) is 0 Å². The second-order valence-electron chi connectivity index (χ2n) is 7.91. The second-order valence-corrected chi connectivity index (χ2v) is 7.91. The zero-order valence-corrected chi connectivity index (χ0v) is 17.0. The van der Waals surface area contributed by atoms with E-state index < -0.39 is 29.9 Å². The molecule has 11 heteroatoms. The van der Waals surface area contributed by atoms with Gasteiger partial charge in [0.1, 0.15) is 12.1 Å². The van der Waals surface area contributed by atoms with Crippen LogP contribution in [0.25, 0.3) is 11.0 Å². The number of carbonyl (C=O) groups excluding carboxylic acids is 3. The number of carbonyl (C=O) groups is 3. The van der Waals surface area contributed by atoms with Gasteiger partial charge in [-0.15, -0.1) is 0 Å². The van der Waals surface area contributed by atoms with Crippen LogP contribution in [0.15, 0.2) is 41.2 Å². The molecule has 1 aromatic heterocycles. The Labute approximate surface area is 180 Å². The summed E-state index contributed by atoms with van der Waals surface area (Å²) in [6, 6.07) is 9.51. The second kappa shape index (κ2) is 7.15. The maximum absolute atomic E-state index is 13.0. The number of nitrogens with zero attached hydrogens (tertiary/aromatic N) is 1. The SMILES string of the molecule is CC1(Cc2ccc3c(c2)OCO3)NC(=O)N(CC(=O)Nc2ccc3[nH]c(=O)[nH]c3c2)C1=O. The minimum atomic E-state index is -1.20. The molecule has 164 valence electrons. The van der Waals surface area contributed by atoms with Crippen LogP contribution < -0.4 is 25.8 Å². The van der Waals surface area contributed by atoms with E-state index >= 15 is 0 Å². The van der Waals surface area contributed by atoms with E-state index in [1.807, 2.05) is 0 Å². The third kappa shape index (κ3) is 3.43. The molecule has 0 spiro atoms. The van der Waals surface area contributed by atoms with Crippen molar-refractivity contribution >= 4 is 34.6 Å². The van der Waals surface area contributed by atoms with Crippen molar-refractivity contribution in [2.75, 3.05) is 18.7 Å². The predicted octanol–water partition coefficient (Wildman–Crippen LogP) is 1.08. The molecule has 3 aromatic rings. The number of rotatable bonds is 5. The van der Waals surface area contributed by atoms with Crippen molar-refractivity contribution in [3.8, 4) is 11.5 Å². The molecule has 4 N–H and O–H groups in total. The fourth-order valence-electron chi connectivity index (χ4n) is 3.92. The third-order valence-corrected chi connectivity index (χ3v) is 5.44. The Hall–Kier alpha value is -4.28. The zero-order valence-electron chi connectivity index (χ0n) is 17.0. The predicted molar refractivity (Wildman–Crippen MR) is 112 cm³/mol. The van der Waals surface area contributed by atoms with Gasteiger partial charge >= 0.3 is 11.7 Å². The number of nitrogens with one attached hydrogen (secondary N) is 4. The number of amides is 4. The van der Waals surface area contributed by atoms with E-state index in [0.29, 0.717) is 28.2 Å². The van der Waals surface area contributed by atoms with Crippen LogP contribution >= 0.6 is 0 Å². The zero-order chi connectivity index (χ0) is 22.5. The Morgan fingerprint density at radius 3 is 2.69 bits per heavy atom. The first-order chi connectivity index (χ1) is 15.3. The summed E-state index contributed by atoms with van der Waals surface area (Å²) in [5.74, 6) is 0.166. The number of aromatic amines is 2. The molecule has 11 nitrogen and oxygen atoms in total. The first-order valence-corrected chi connectivity index (χ1v) is 9.85. The quantitative estimate of drug-likeness (QED) is 0.440. The van der Waals surface area contributed by atoms with E-state index in [4.69, 9.17) is 9.47 Å². The van der Waals surface area contributed by atoms with Gasteiger partial charge in [-0.2, -0.15) is 0 Å². The van der Waals surface area contributed by atoms with Gasteiger partial charge in [-0.25, -0.2) is 9.59 Å². The molecular weight excluding hydrogens is 418 g/mol. The van der Waals surface area contributed by atoms with Gasteiger partial charge in [-0.1, -0.05) is 6.07 Å². The largest absolute Gasteiger partial charge is 0.454 e. The fourth-order valence-corrected chi connectivity index (χ4v) is 3.92. The lowest BCUT2D eigenvalue weighted by atomic mass is 9.92. The van der Waals surface area contributed by atoms with Crippen LogP contribution in [-0.4, -0.2) is 51.6 Å². The van der Waals surface area contributed by atoms with Gasteiger partial charge in [-0.05, 0) is 42.8 Å². The molecule has 1 fully saturated rings. The van der Waals surface area contributed by atoms with Crippen molar-refractivity contribution in [2.24, 2.45) is 0 Å². The maximum Gasteiger partial charge on any atom is 0.325 e. The van der Waals surface area contributed by atoms with Crippen molar-refractivity contribution in [2.45, 2.75) is 18.9 Å². The van der Waals surface area contributed by atoms with Crippen LogP contribution in [0.1, 0.15) is 12.5 Å². The Morgan fingerprint density at radius 2 is 1.84 bits per heavy atom. The molecule has 3 heterocycles. The number of hydrogen-bond donors (Lipinski definition) is 4. The van der Waals surface area contributed by atoms with Crippen LogP contribution in [0.4, 0.5) is 10.5 Å². The van der Waals surface area contributed by atoms with E-state index in [9.17, 15) is 19.2 Å². The number of urea groups is 1. The van der Waals surface area contributed by atoms with Crippen LogP contribution in [0.2, 0.25) is 0 Å². The van der Waals surface area contributed by atoms with Gasteiger partial charge < -0.3 is 30.1 Å². The molecule has 2 aliphatic rings. The number of aromatic nitrogens is 2. The van der Waals surface area contributed by atoms with Gasteiger partial charge in [0.25, 0.3) is 5.91 Å². The average molecular weight is 437 g/mol. The van der Waals surface area contributed by atoms with E-state index in [1.165, 1.54) is 0 Å². The summed E-state index contributed by atoms with van der Waals surface area (Å²) in [6.07, 6.45) is 0.226. The molecule has 32 heavy (non-hydrogen) atoms. The Bertz CT molecular complexity index is 1330. The van der Waals surface area contributed by atoms with Gasteiger partial charge in [-0.3, -0.25) is 14.5 Å². The third-order valence-electron chi connectivity index (χ3n) is 5.44. The number of ether oxygens (including phenoxy) is 2. The molecule has 2 aliphatic heterocycles. The molecule has 1 saturated heterocycles. The lowest BCUT2D eigenvalue weighted by molar-refractivity contribution is -0.133. The normalized spacial score (nSPS) is 19.5. The molecule has 5 rings (SSSR count). The number of H-pyrrole nitrogens is 2. The standard InChI is InChI=1S/C21H19N5O6/c1-21(8-11-2-5-15-16(6-11)32-10-31-15)18(28)26(20(30)25-21)9-17(27)22-12-3-4-13-14(7-12)24-19(29)23-13/h2-7H,8-10H2,1H3,(H,22,27)(H,25,30)(H2,23,24,29). The topological polar surface area (TPSA) is 146 Å². The summed E-state index contributed by atoms with van der Waals surface area (Å²) >= 11 is 0. The highest BCUT2D eigenvalue weighted by atomic mass is 16.7. The summed E-state index contributed by atoms with van der Waals surface area (Å²) in [5.41, 5.74) is 0.776. The first-order valence-electron chi connectivity index (χ1n) is 9.85. The van der Waals surface area contributed by atoms with E-state index in [1.54, 1.807) is 43.3 Å². The van der Waals surface area contributed by atoms with Crippen molar-refractivity contribution in [1.82, 2.24) is 20.2 Å². The summed E-state index contributed by atoms with van der Waals surface area (Å²) in [4.78, 5) is 55.4. The van der Waals surface area contributed by atoms with Crippen LogP contribution in [0.5, 0.6) is 11.5 Å². The number of anilines is 1. The number of hydrogen-bond acceptors (Lipinski definition) is 6. The number of imide groups is 1. The Kier molecular flexibility index (Phi) is 4.40. The molecular formula is C21H19N5O6. The van der Waals surface area contributed by atoms with Crippen molar-refractivity contribution < 1.29 is 23.9 Å². The number of benzene rings is 2. The summed E-state index contributed by atoms with van der Waals surface area (Å²) in [6.45, 7) is 1.32. The highest BCUT2D eigenvalue weighted by molar-refractivity contribution is 6.10. The van der Waals surface area contributed by atoms with Crippen molar-refractivity contribution in [3.05, 3.63) is 52.4 Å². The lowest BCUT2D eigenvalue weighted by Crippen LogP contribution is -2.46. The Balaban J connectivity index is 1.27. The average Bonchev–Trinajstić information content (AvgIpc) is 3.40. The van der Waals surface area contributed by atoms with Crippen LogP contribution in [0, 0.1) is 0 Å². The minimum absolute atomic E-state index is 0.141. The van der Waals surface area contributed by atoms with E-state index in [2.05, 4.69) is 20.6 Å². The number of fused-ring (bicyclic) bond motifs is 2. The van der Waals surface area contributed by atoms with Gasteiger partial charge in [0.15, 0.2) is 11.5 Å². The molecule has 4 amide bonds. The van der Waals surface area contributed by atoms with Crippen molar-refractivity contribution in [1.29, 1.82) is 0 Å². The van der Waals surface area contributed by atoms with E-state index in [0.717, 1.165) is 10.5 Å². The van der Waals surface area contributed by atoms with E-state index in [-0.39, 0.29) is 18.9 Å². The summed E-state index contributed by atoms with van der Waals surface area (Å²) in [5, 5.41) is 5.32. The molecule has 1 unspecified atom stereocenters. The summed E-state index contributed by atoms with van der Waals surface area (Å²) in [7, 11) is 0. The smallest absolute Gasteiger partial charge is 0.325 e. The Morgan fingerprint density at radius 1 is 1.06 bits per heavy atom. The molecule has 0 radical (unpaired) electrons. The highest BCUT2D eigenvalue weighted by Crippen LogP contribution is 2.34. The molecule has 0 saturated carbocycles. The lowest BCUT2D eigenvalue weighted by Gasteiger charge is -2.22. The molecule has 2 aromatic carbocycles. The first kappa shape index (κ1) is 19.7. The molecule has 0 bridgehead atoms. The maximum atomic E-state index is 13.0. The van der Waals surface area contributed by atoms with Gasteiger partial charge in [0.05, 0.1) is 11.0 Å². The van der Waals surface area contributed by atoms with Crippen LogP contribution in [-0.2, 0) is 16.0 Å². The fraction of sp³-hybridized carbons (Fsp3) is 0.238. The minimum Gasteiger partial charge on any atom is -0.454 e. The van der Waals surface area contributed by atoms with Crippen molar-refractivity contribution in [3.63, 3.8) is 0 Å². The monoisotopic (exact) mass is 437 g/mol. The van der Waals surface area contributed by atoms with Gasteiger partial charge in [0.2, 0.25) is 12.7 Å². The highest BCUT2D eigenvalue weighted by Gasteiger charge is 2.48.